The molecule has 1 amide bonds. The first-order chi connectivity index (χ1) is 11.5. The van der Waals surface area contributed by atoms with E-state index in [4.69, 9.17) is 9.47 Å². The van der Waals surface area contributed by atoms with E-state index in [1.54, 1.807) is 0 Å². The second kappa shape index (κ2) is 9.67. The van der Waals surface area contributed by atoms with Crippen LogP contribution in [0.15, 0.2) is 24.3 Å². The quantitative estimate of drug-likeness (QED) is 0.737. The highest BCUT2D eigenvalue weighted by molar-refractivity contribution is 5.94. The Morgan fingerprint density at radius 2 is 2.17 bits per heavy atom. The van der Waals surface area contributed by atoms with Crippen molar-refractivity contribution in [3.63, 3.8) is 0 Å². The first-order valence-electron chi connectivity index (χ1n) is 9.20. The summed E-state index contributed by atoms with van der Waals surface area (Å²) in [5, 5.41) is 3.08. The van der Waals surface area contributed by atoms with Crippen LogP contribution >= 0.6 is 0 Å². The number of amides is 1. The van der Waals surface area contributed by atoms with Gasteiger partial charge in [-0.3, -0.25) is 4.79 Å². The van der Waals surface area contributed by atoms with Gasteiger partial charge in [-0.2, -0.15) is 0 Å². The van der Waals surface area contributed by atoms with Crippen molar-refractivity contribution in [1.82, 2.24) is 5.32 Å². The summed E-state index contributed by atoms with van der Waals surface area (Å²) in [5.41, 5.74) is 0.649. The van der Waals surface area contributed by atoms with Gasteiger partial charge in [0.25, 0.3) is 5.91 Å². The van der Waals surface area contributed by atoms with E-state index in [1.165, 1.54) is 6.42 Å². The van der Waals surface area contributed by atoms with Crippen molar-refractivity contribution in [2.75, 3.05) is 13.2 Å². The van der Waals surface area contributed by atoms with Gasteiger partial charge < -0.3 is 14.8 Å². The Morgan fingerprint density at radius 3 is 2.88 bits per heavy atom. The molecular weight excluding hydrogens is 302 g/mol. The zero-order chi connectivity index (χ0) is 17.4. The molecule has 0 radical (unpaired) electrons. The standard InChI is InChI=1S/C20H31NO3/c1-15(2)7-4-8-16(3)21-20(22)17-9-5-10-18(13-17)24-14-19-11-6-12-23-19/h5,9-10,13,15-16,19H,4,6-8,11-12,14H2,1-3H3,(H,21,22). The number of hydrogen-bond acceptors (Lipinski definition) is 3. The molecule has 1 fully saturated rings. The highest BCUT2D eigenvalue weighted by atomic mass is 16.5. The van der Waals surface area contributed by atoms with Crippen LogP contribution in [0.4, 0.5) is 0 Å². The molecule has 0 aliphatic carbocycles. The normalized spacial score (nSPS) is 18.6. The molecule has 4 heteroatoms. The van der Waals surface area contributed by atoms with E-state index in [0.717, 1.165) is 38.0 Å². The lowest BCUT2D eigenvalue weighted by Crippen LogP contribution is -2.32. The van der Waals surface area contributed by atoms with Gasteiger partial charge in [-0.1, -0.05) is 32.8 Å². The zero-order valence-electron chi connectivity index (χ0n) is 15.2. The lowest BCUT2D eigenvalue weighted by Gasteiger charge is -2.15. The summed E-state index contributed by atoms with van der Waals surface area (Å²) >= 11 is 0. The molecule has 1 saturated heterocycles. The molecule has 0 bridgehead atoms. The number of hydrogen-bond donors (Lipinski definition) is 1. The summed E-state index contributed by atoms with van der Waals surface area (Å²) < 4.78 is 11.3. The van der Waals surface area contributed by atoms with Gasteiger partial charge in [0.15, 0.2) is 0 Å². The van der Waals surface area contributed by atoms with E-state index in [0.29, 0.717) is 18.1 Å². The Bertz CT molecular complexity index is 509. The molecule has 4 nitrogen and oxygen atoms in total. The lowest BCUT2D eigenvalue weighted by atomic mass is 10.0. The van der Waals surface area contributed by atoms with Crippen molar-refractivity contribution < 1.29 is 14.3 Å². The molecule has 0 aromatic heterocycles. The van der Waals surface area contributed by atoms with Gasteiger partial charge in [-0.15, -0.1) is 0 Å². The van der Waals surface area contributed by atoms with Crippen LogP contribution in [0.2, 0.25) is 0 Å². The van der Waals surface area contributed by atoms with Crippen LogP contribution in [0.25, 0.3) is 0 Å². The molecule has 134 valence electrons. The minimum absolute atomic E-state index is 0.0328. The van der Waals surface area contributed by atoms with Gasteiger partial charge in [0.05, 0.1) is 6.10 Å². The molecule has 1 aliphatic rings. The van der Waals surface area contributed by atoms with E-state index in [-0.39, 0.29) is 18.1 Å². The molecule has 1 aliphatic heterocycles. The zero-order valence-corrected chi connectivity index (χ0v) is 15.2. The number of rotatable bonds is 9. The smallest absolute Gasteiger partial charge is 0.251 e. The maximum atomic E-state index is 12.4. The SMILES string of the molecule is CC(C)CCCC(C)NC(=O)c1cccc(OCC2CCCO2)c1. The van der Waals surface area contributed by atoms with Crippen molar-refractivity contribution >= 4 is 5.91 Å². The Morgan fingerprint density at radius 1 is 1.33 bits per heavy atom. The minimum Gasteiger partial charge on any atom is -0.491 e. The van der Waals surface area contributed by atoms with Crippen LogP contribution in [0.5, 0.6) is 5.75 Å². The summed E-state index contributed by atoms with van der Waals surface area (Å²) in [5.74, 6) is 1.41. The monoisotopic (exact) mass is 333 g/mol. The molecule has 1 aromatic rings. The third-order valence-electron chi connectivity index (χ3n) is 4.35. The number of nitrogens with one attached hydrogen (secondary N) is 1. The minimum atomic E-state index is -0.0328. The van der Waals surface area contributed by atoms with Gasteiger partial charge in [0, 0.05) is 18.2 Å². The van der Waals surface area contributed by atoms with E-state index in [1.807, 2.05) is 24.3 Å². The Balaban J connectivity index is 1.79. The largest absolute Gasteiger partial charge is 0.491 e. The molecular formula is C20H31NO3. The van der Waals surface area contributed by atoms with Crippen molar-refractivity contribution in [2.45, 2.75) is 65.0 Å². The third kappa shape index (κ3) is 6.52. The third-order valence-corrected chi connectivity index (χ3v) is 4.35. The van der Waals surface area contributed by atoms with Crippen molar-refractivity contribution in [3.05, 3.63) is 29.8 Å². The molecule has 0 spiro atoms. The van der Waals surface area contributed by atoms with Crippen LogP contribution in [-0.2, 0) is 4.74 Å². The fraction of sp³-hybridized carbons (Fsp3) is 0.650. The predicted octanol–water partition coefficient (Wildman–Crippen LogP) is 4.19. The molecule has 1 aromatic carbocycles. The highest BCUT2D eigenvalue weighted by Crippen LogP contribution is 2.17. The first-order valence-corrected chi connectivity index (χ1v) is 9.20. The van der Waals surface area contributed by atoms with E-state index >= 15 is 0 Å². The molecule has 2 unspecified atom stereocenters. The van der Waals surface area contributed by atoms with Crippen LogP contribution in [0, 0.1) is 5.92 Å². The number of ether oxygens (including phenoxy) is 2. The van der Waals surface area contributed by atoms with Gasteiger partial charge in [0.2, 0.25) is 0 Å². The molecule has 2 atom stereocenters. The molecule has 2 rings (SSSR count). The lowest BCUT2D eigenvalue weighted by molar-refractivity contribution is 0.0679. The average Bonchev–Trinajstić information content (AvgIpc) is 3.06. The molecule has 1 N–H and O–H groups in total. The van der Waals surface area contributed by atoms with Crippen LogP contribution in [-0.4, -0.2) is 31.3 Å². The van der Waals surface area contributed by atoms with Gasteiger partial charge in [-0.05, 0) is 50.3 Å². The second-order valence-electron chi connectivity index (χ2n) is 7.17. The fourth-order valence-electron chi connectivity index (χ4n) is 2.90. The predicted molar refractivity (Wildman–Crippen MR) is 96.5 cm³/mol. The first kappa shape index (κ1) is 18.8. The number of carbonyl (C=O) groups excluding carboxylic acids is 1. The summed E-state index contributed by atoms with van der Waals surface area (Å²) in [6.07, 6.45) is 5.69. The number of benzene rings is 1. The van der Waals surface area contributed by atoms with Crippen molar-refractivity contribution in [1.29, 1.82) is 0 Å². The Labute approximate surface area is 145 Å². The van der Waals surface area contributed by atoms with Gasteiger partial charge >= 0.3 is 0 Å². The fourth-order valence-corrected chi connectivity index (χ4v) is 2.90. The maximum Gasteiger partial charge on any atom is 0.251 e. The summed E-state index contributed by atoms with van der Waals surface area (Å²) in [6, 6.07) is 7.58. The van der Waals surface area contributed by atoms with E-state index in [2.05, 4.69) is 26.1 Å². The maximum absolute atomic E-state index is 12.4. The summed E-state index contributed by atoms with van der Waals surface area (Å²) in [6.45, 7) is 7.90. The summed E-state index contributed by atoms with van der Waals surface area (Å²) in [4.78, 5) is 12.4. The number of carbonyl (C=O) groups is 1. The van der Waals surface area contributed by atoms with Gasteiger partial charge in [-0.25, -0.2) is 0 Å². The molecule has 0 saturated carbocycles. The van der Waals surface area contributed by atoms with Crippen molar-refractivity contribution in [3.8, 4) is 5.75 Å². The van der Waals surface area contributed by atoms with E-state index < -0.39 is 0 Å². The van der Waals surface area contributed by atoms with Crippen LogP contribution in [0.3, 0.4) is 0 Å². The molecule has 1 heterocycles. The van der Waals surface area contributed by atoms with Gasteiger partial charge in [0.1, 0.15) is 12.4 Å². The Hall–Kier alpha value is -1.55. The van der Waals surface area contributed by atoms with E-state index in [9.17, 15) is 4.79 Å². The van der Waals surface area contributed by atoms with Crippen molar-refractivity contribution in [2.24, 2.45) is 5.92 Å². The molecule has 24 heavy (non-hydrogen) atoms. The summed E-state index contributed by atoms with van der Waals surface area (Å²) in [7, 11) is 0. The highest BCUT2D eigenvalue weighted by Gasteiger charge is 2.16. The Kier molecular flexibility index (Phi) is 7.57. The van der Waals surface area contributed by atoms with Crippen LogP contribution in [0.1, 0.15) is 63.2 Å². The van der Waals surface area contributed by atoms with Crippen LogP contribution < -0.4 is 10.1 Å². The topological polar surface area (TPSA) is 47.6 Å². The second-order valence-corrected chi connectivity index (χ2v) is 7.17. The average molecular weight is 333 g/mol.